The molecule has 1 fully saturated rings. The van der Waals surface area contributed by atoms with Crippen molar-refractivity contribution in [1.29, 1.82) is 0 Å². The molecule has 0 aliphatic carbocycles. The van der Waals surface area contributed by atoms with Gasteiger partial charge in [0.25, 0.3) is 0 Å². The molecule has 7 heteroatoms. The molecule has 6 N–H and O–H groups in total. The fourth-order valence-corrected chi connectivity index (χ4v) is 1.29. The molecule has 1 aliphatic heterocycles. The lowest BCUT2D eigenvalue weighted by Gasteiger charge is -2.23. The Balaban J connectivity index is 2.61. The lowest BCUT2D eigenvalue weighted by molar-refractivity contribution is -0.164. The molecule has 1 rings (SSSR count). The SMILES string of the molecule is OC[C@H](O)[C@H](O)[C@H]1OC(O)[C@H](O)[C@@H]1O. The first-order valence-corrected chi connectivity index (χ1v) is 4.15. The zero-order chi connectivity index (χ0) is 10.9. The molecule has 1 saturated heterocycles. The zero-order valence-corrected chi connectivity index (χ0v) is 7.26. The van der Waals surface area contributed by atoms with E-state index in [1.54, 1.807) is 0 Å². The van der Waals surface area contributed by atoms with Gasteiger partial charge in [0.2, 0.25) is 0 Å². The van der Waals surface area contributed by atoms with E-state index in [2.05, 4.69) is 4.74 Å². The van der Waals surface area contributed by atoms with E-state index in [1.807, 2.05) is 0 Å². The molecule has 1 heterocycles. The highest BCUT2D eigenvalue weighted by molar-refractivity contribution is 4.92. The summed E-state index contributed by atoms with van der Waals surface area (Å²) in [6.45, 7) is -0.708. The van der Waals surface area contributed by atoms with Crippen molar-refractivity contribution in [3.63, 3.8) is 0 Å². The molecule has 6 atom stereocenters. The highest BCUT2D eigenvalue weighted by atomic mass is 16.6. The van der Waals surface area contributed by atoms with Crippen LogP contribution in [-0.4, -0.2) is 74.1 Å². The first-order valence-electron chi connectivity index (χ1n) is 4.15. The predicted molar refractivity (Wildman–Crippen MR) is 42.0 cm³/mol. The van der Waals surface area contributed by atoms with E-state index in [1.165, 1.54) is 0 Å². The van der Waals surface area contributed by atoms with Crippen LogP contribution >= 0.6 is 0 Å². The molecular formula is C7H14O7. The third-order valence-corrected chi connectivity index (χ3v) is 2.19. The molecule has 0 amide bonds. The van der Waals surface area contributed by atoms with Gasteiger partial charge in [-0.1, -0.05) is 0 Å². The Hall–Kier alpha value is -0.280. The van der Waals surface area contributed by atoms with Crippen molar-refractivity contribution in [3.8, 4) is 0 Å². The van der Waals surface area contributed by atoms with Crippen LogP contribution in [0.15, 0.2) is 0 Å². The molecule has 84 valence electrons. The summed E-state index contributed by atoms with van der Waals surface area (Å²) >= 11 is 0. The summed E-state index contributed by atoms with van der Waals surface area (Å²) in [5, 5.41) is 54.1. The van der Waals surface area contributed by atoms with E-state index in [0.29, 0.717) is 0 Å². The number of hydrogen-bond donors (Lipinski definition) is 6. The summed E-state index contributed by atoms with van der Waals surface area (Å²) < 4.78 is 4.61. The van der Waals surface area contributed by atoms with Crippen LogP contribution in [0.5, 0.6) is 0 Å². The minimum atomic E-state index is -1.60. The van der Waals surface area contributed by atoms with Crippen LogP contribution in [-0.2, 0) is 4.74 Å². The average Bonchev–Trinajstić information content (AvgIpc) is 2.43. The number of ether oxygens (including phenoxy) is 1. The van der Waals surface area contributed by atoms with Crippen molar-refractivity contribution in [2.24, 2.45) is 0 Å². The van der Waals surface area contributed by atoms with Gasteiger partial charge in [-0.05, 0) is 0 Å². The Morgan fingerprint density at radius 3 is 2.00 bits per heavy atom. The van der Waals surface area contributed by atoms with Crippen LogP contribution in [0.4, 0.5) is 0 Å². The second-order valence-electron chi connectivity index (χ2n) is 3.21. The fourth-order valence-electron chi connectivity index (χ4n) is 1.29. The van der Waals surface area contributed by atoms with Gasteiger partial charge in [-0.15, -0.1) is 0 Å². The quantitative estimate of drug-likeness (QED) is 0.281. The van der Waals surface area contributed by atoms with Gasteiger partial charge in [0.05, 0.1) is 6.61 Å². The topological polar surface area (TPSA) is 131 Å². The second-order valence-corrected chi connectivity index (χ2v) is 3.21. The van der Waals surface area contributed by atoms with Crippen LogP contribution in [0.1, 0.15) is 0 Å². The molecule has 1 aliphatic rings. The summed E-state index contributed by atoms with van der Waals surface area (Å²) in [5.41, 5.74) is 0. The van der Waals surface area contributed by atoms with Crippen LogP contribution < -0.4 is 0 Å². The van der Waals surface area contributed by atoms with Gasteiger partial charge in [0.1, 0.15) is 30.5 Å². The van der Waals surface area contributed by atoms with Gasteiger partial charge in [-0.3, -0.25) is 0 Å². The number of rotatable bonds is 3. The van der Waals surface area contributed by atoms with Gasteiger partial charge >= 0.3 is 0 Å². The average molecular weight is 210 g/mol. The molecule has 0 spiro atoms. The van der Waals surface area contributed by atoms with Crippen molar-refractivity contribution >= 4 is 0 Å². The van der Waals surface area contributed by atoms with E-state index in [0.717, 1.165) is 0 Å². The number of aliphatic hydroxyl groups is 6. The van der Waals surface area contributed by atoms with Gasteiger partial charge < -0.3 is 35.4 Å². The summed E-state index contributed by atoms with van der Waals surface area (Å²) in [7, 11) is 0. The summed E-state index contributed by atoms with van der Waals surface area (Å²) in [4.78, 5) is 0. The van der Waals surface area contributed by atoms with Crippen LogP contribution in [0.2, 0.25) is 0 Å². The van der Waals surface area contributed by atoms with Crippen molar-refractivity contribution in [3.05, 3.63) is 0 Å². The molecule has 1 unspecified atom stereocenters. The molecule has 0 bridgehead atoms. The van der Waals surface area contributed by atoms with Gasteiger partial charge in [0, 0.05) is 0 Å². The first-order chi connectivity index (χ1) is 6.49. The first kappa shape index (κ1) is 11.8. The van der Waals surface area contributed by atoms with Crippen LogP contribution in [0.25, 0.3) is 0 Å². The standard InChI is InChI=1S/C7H14O7/c8-1-2(9)3(10)6-4(11)5(12)7(13)14-6/h2-13H,1H2/t2-,3-,4-,5+,6+,7?/m0/s1. The van der Waals surface area contributed by atoms with Crippen LogP contribution in [0.3, 0.4) is 0 Å². The Labute approximate surface area is 79.8 Å². The monoisotopic (exact) mass is 210 g/mol. The molecule has 0 aromatic heterocycles. The predicted octanol–water partition coefficient (Wildman–Crippen LogP) is -3.86. The van der Waals surface area contributed by atoms with Gasteiger partial charge in [-0.2, -0.15) is 0 Å². The number of hydrogen-bond acceptors (Lipinski definition) is 7. The van der Waals surface area contributed by atoms with E-state index in [4.69, 9.17) is 20.4 Å². The van der Waals surface area contributed by atoms with E-state index in [-0.39, 0.29) is 0 Å². The maximum absolute atomic E-state index is 9.31. The molecule has 0 aromatic carbocycles. The summed E-state index contributed by atoms with van der Waals surface area (Å²) in [6, 6.07) is 0. The third kappa shape index (κ3) is 2.04. The van der Waals surface area contributed by atoms with Crippen molar-refractivity contribution in [1.82, 2.24) is 0 Å². The zero-order valence-electron chi connectivity index (χ0n) is 7.26. The lowest BCUT2D eigenvalue weighted by Crippen LogP contribution is -2.46. The van der Waals surface area contributed by atoms with Gasteiger partial charge in [0.15, 0.2) is 6.29 Å². The Morgan fingerprint density at radius 1 is 1.07 bits per heavy atom. The highest BCUT2D eigenvalue weighted by Crippen LogP contribution is 2.23. The van der Waals surface area contributed by atoms with E-state index >= 15 is 0 Å². The molecule has 0 saturated carbocycles. The second kappa shape index (κ2) is 4.49. The van der Waals surface area contributed by atoms with E-state index in [9.17, 15) is 10.2 Å². The molecule has 7 nitrogen and oxygen atoms in total. The molecule has 14 heavy (non-hydrogen) atoms. The maximum atomic E-state index is 9.31. The number of aliphatic hydroxyl groups excluding tert-OH is 6. The Morgan fingerprint density at radius 2 is 1.64 bits per heavy atom. The van der Waals surface area contributed by atoms with Crippen LogP contribution in [0, 0.1) is 0 Å². The Kier molecular flexibility index (Phi) is 3.78. The highest BCUT2D eigenvalue weighted by Gasteiger charge is 2.46. The maximum Gasteiger partial charge on any atom is 0.184 e. The minimum Gasteiger partial charge on any atom is -0.394 e. The van der Waals surface area contributed by atoms with Crippen molar-refractivity contribution in [2.75, 3.05) is 6.61 Å². The summed E-state index contributed by atoms with van der Waals surface area (Å²) in [6.07, 6.45) is -9.01. The van der Waals surface area contributed by atoms with Gasteiger partial charge in [-0.25, -0.2) is 0 Å². The van der Waals surface area contributed by atoms with Crippen molar-refractivity contribution in [2.45, 2.75) is 36.8 Å². The summed E-state index contributed by atoms with van der Waals surface area (Å²) in [5.74, 6) is 0. The van der Waals surface area contributed by atoms with Crippen molar-refractivity contribution < 1.29 is 35.4 Å². The smallest absolute Gasteiger partial charge is 0.184 e. The van der Waals surface area contributed by atoms with E-state index < -0.39 is 43.4 Å². The molecule has 0 aromatic rings. The Bertz CT molecular complexity index is 187. The minimum absolute atomic E-state index is 0.708. The lowest BCUT2D eigenvalue weighted by atomic mass is 10.0. The molecule has 0 radical (unpaired) electrons. The fraction of sp³-hybridized carbons (Fsp3) is 1.00. The largest absolute Gasteiger partial charge is 0.394 e. The molecular weight excluding hydrogens is 196 g/mol. The third-order valence-electron chi connectivity index (χ3n) is 2.19. The normalized spacial score (nSPS) is 42.4.